The molecule has 0 bridgehead atoms. The SMILES string of the molecule is CC(C)(C)CC(=O)NC1(C)CCNCC1.Cl. The van der Waals surface area contributed by atoms with Crippen molar-refractivity contribution in [2.45, 2.75) is 52.5 Å². The smallest absolute Gasteiger partial charge is 0.220 e. The Labute approximate surface area is 105 Å². The van der Waals surface area contributed by atoms with E-state index in [9.17, 15) is 4.79 Å². The van der Waals surface area contributed by atoms with E-state index in [1.54, 1.807) is 0 Å². The van der Waals surface area contributed by atoms with Gasteiger partial charge in [0.2, 0.25) is 5.91 Å². The molecule has 0 aromatic carbocycles. The first-order chi connectivity index (χ1) is 6.81. The number of halogens is 1. The molecule has 16 heavy (non-hydrogen) atoms. The maximum Gasteiger partial charge on any atom is 0.220 e. The normalized spacial score (nSPS) is 19.8. The maximum absolute atomic E-state index is 11.8. The lowest BCUT2D eigenvalue weighted by atomic mass is 9.88. The van der Waals surface area contributed by atoms with Gasteiger partial charge in [-0.3, -0.25) is 4.79 Å². The molecule has 1 heterocycles. The molecule has 1 saturated heterocycles. The highest BCUT2D eigenvalue weighted by molar-refractivity contribution is 5.85. The second kappa shape index (κ2) is 5.87. The third-order valence-corrected chi connectivity index (χ3v) is 2.84. The first-order valence-corrected chi connectivity index (χ1v) is 5.83. The number of hydrogen-bond donors (Lipinski definition) is 2. The van der Waals surface area contributed by atoms with Crippen molar-refractivity contribution in [3.05, 3.63) is 0 Å². The van der Waals surface area contributed by atoms with Crippen molar-refractivity contribution in [1.29, 1.82) is 0 Å². The second-order valence-corrected chi connectivity index (χ2v) is 6.10. The summed E-state index contributed by atoms with van der Waals surface area (Å²) in [5, 5.41) is 6.48. The molecule has 0 aromatic heterocycles. The van der Waals surface area contributed by atoms with Crippen LogP contribution in [-0.2, 0) is 4.79 Å². The molecule has 0 aromatic rings. The standard InChI is InChI=1S/C12H24N2O.ClH/c1-11(2,3)9-10(15)14-12(4)5-7-13-8-6-12;/h13H,5-9H2,1-4H3,(H,14,15);1H. The lowest BCUT2D eigenvalue weighted by molar-refractivity contribution is -0.124. The van der Waals surface area contributed by atoms with E-state index < -0.39 is 0 Å². The van der Waals surface area contributed by atoms with Gasteiger partial charge in [0, 0.05) is 12.0 Å². The van der Waals surface area contributed by atoms with E-state index in [1.807, 2.05) is 0 Å². The van der Waals surface area contributed by atoms with Crippen LogP contribution >= 0.6 is 12.4 Å². The zero-order valence-corrected chi connectivity index (χ0v) is 11.7. The molecule has 0 atom stereocenters. The third-order valence-electron chi connectivity index (χ3n) is 2.84. The summed E-state index contributed by atoms with van der Waals surface area (Å²) in [5.74, 6) is 0.187. The number of rotatable bonds is 2. The van der Waals surface area contributed by atoms with Crippen LogP contribution in [0.25, 0.3) is 0 Å². The summed E-state index contributed by atoms with van der Waals surface area (Å²) in [5.41, 5.74) is 0.0843. The van der Waals surface area contributed by atoms with E-state index >= 15 is 0 Å². The second-order valence-electron chi connectivity index (χ2n) is 6.10. The number of carbonyl (C=O) groups excluding carboxylic acids is 1. The fraction of sp³-hybridized carbons (Fsp3) is 0.917. The molecule has 0 saturated carbocycles. The summed E-state index contributed by atoms with van der Waals surface area (Å²) in [6.07, 6.45) is 2.67. The molecular formula is C12H25ClN2O. The highest BCUT2D eigenvalue weighted by Gasteiger charge is 2.29. The van der Waals surface area contributed by atoms with Gasteiger partial charge in [-0.1, -0.05) is 20.8 Å². The Morgan fingerprint density at radius 3 is 2.25 bits per heavy atom. The van der Waals surface area contributed by atoms with E-state index in [4.69, 9.17) is 0 Å². The van der Waals surface area contributed by atoms with Gasteiger partial charge < -0.3 is 10.6 Å². The van der Waals surface area contributed by atoms with E-state index in [2.05, 4.69) is 38.3 Å². The zero-order valence-electron chi connectivity index (χ0n) is 10.9. The molecule has 1 rings (SSSR count). The number of piperidine rings is 1. The van der Waals surface area contributed by atoms with Crippen molar-refractivity contribution in [2.75, 3.05) is 13.1 Å². The molecule has 1 aliphatic heterocycles. The monoisotopic (exact) mass is 248 g/mol. The van der Waals surface area contributed by atoms with Crippen LogP contribution in [0.3, 0.4) is 0 Å². The van der Waals surface area contributed by atoms with Crippen molar-refractivity contribution < 1.29 is 4.79 Å². The summed E-state index contributed by atoms with van der Waals surface area (Å²) in [6.45, 7) is 10.4. The van der Waals surface area contributed by atoms with Gasteiger partial charge in [-0.25, -0.2) is 0 Å². The van der Waals surface area contributed by atoms with Crippen molar-refractivity contribution in [3.8, 4) is 0 Å². The third kappa shape index (κ3) is 5.71. The van der Waals surface area contributed by atoms with Gasteiger partial charge in [-0.2, -0.15) is 0 Å². The lowest BCUT2D eigenvalue weighted by Gasteiger charge is -2.35. The Hall–Kier alpha value is -0.280. The Morgan fingerprint density at radius 2 is 1.81 bits per heavy atom. The number of hydrogen-bond acceptors (Lipinski definition) is 2. The number of amides is 1. The molecule has 4 heteroatoms. The Morgan fingerprint density at radius 1 is 1.31 bits per heavy atom. The predicted molar refractivity (Wildman–Crippen MR) is 70.0 cm³/mol. The van der Waals surface area contributed by atoms with Crippen molar-refractivity contribution in [2.24, 2.45) is 5.41 Å². The van der Waals surface area contributed by atoms with Gasteiger partial charge in [-0.15, -0.1) is 12.4 Å². The van der Waals surface area contributed by atoms with Gasteiger partial charge >= 0.3 is 0 Å². The first kappa shape index (κ1) is 15.7. The summed E-state index contributed by atoms with van der Waals surface area (Å²) < 4.78 is 0. The van der Waals surface area contributed by atoms with Crippen molar-refractivity contribution >= 4 is 18.3 Å². The maximum atomic E-state index is 11.8. The zero-order chi connectivity index (χ0) is 11.5. The van der Waals surface area contributed by atoms with E-state index in [0.29, 0.717) is 6.42 Å². The summed E-state index contributed by atoms with van der Waals surface area (Å²) in [4.78, 5) is 11.8. The lowest BCUT2D eigenvalue weighted by Crippen LogP contribution is -2.52. The molecular weight excluding hydrogens is 224 g/mol. The fourth-order valence-corrected chi connectivity index (χ4v) is 1.97. The highest BCUT2D eigenvalue weighted by Crippen LogP contribution is 2.21. The van der Waals surface area contributed by atoms with E-state index in [0.717, 1.165) is 25.9 Å². The molecule has 0 unspecified atom stereocenters. The Bertz CT molecular complexity index is 230. The first-order valence-electron chi connectivity index (χ1n) is 5.83. The van der Waals surface area contributed by atoms with Crippen molar-refractivity contribution in [1.82, 2.24) is 10.6 Å². The molecule has 2 N–H and O–H groups in total. The van der Waals surface area contributed by atoms with Crippen LogP contribution in [0, 0.1) is 5.41 Å². The van der Waals surface area contributed by atoms with Crippen LogP contribution < -0.4 is 10.6 Å². The summed E-state index contributed by atoms with van der Waals surface area (Å²) >= 11 is 0. The van der Waals surface area contributed by atoms with E-state index in [-0.39, 0.29) is 29.3 Å². The van der Waals surface area contributed by atoms with Crippen LogP contribution in [0.15, 0.2) is 0 Å². The summed E-state index contributed by atoms with van der Waals surface area (Å²) in [7, 11) is 0. The number of nitrogens with one attached hydrogen (secondary N) is 2. The molecule has 1 aliphatic rings. The molecule has 0 radical (unpaired) electrons. The molecule has 3 nitrogen and oxygen atoms in total. The van der Waals surface area contributed by atoms with Gasteiger partial charge in [0.1, 0.15) is 0 Å². The van der Waals surface area contributed by atoms with E-state index in [1.165, 1.54) is 0 Å². The molecule has 0 aliphatic carbocycles. The van der Waals surface area contributed by atoms with Crippen LogP contribution in [0.1, 0.15) is 47.0 Å². The van der Waals surface area contributed by atoms with Crippen LogP contribution in [0.4, 0.5) is 0 Å². The minimum atomic E-state index is 0. The van der Waals surface area contributed by atoms with Gasteiger partial charge in [0.05, 0.1) is 0 Å². The fourth-order valence-electron chi connectivity index (χ4n) is 1.97. The van der Waals surface area contributed by atoms with Crippen LogP contribution in [-0.4, -0.2) is 24.5 Å². The van der Waals surface area contributed by atoms with Crippen LogP contribution in [0.2, 0.25) is 0 Å². The molecule has 0 spiro atoms. The Kier molecular flexibility index (Phi) is 5.77. The molecule has 96 valence electrons. The minimum absolute atomic E-state index is 0. The van der Waals surface area contributed by atoms with Crippen LogP contribution in [0.5, 0.6) is 0 Å². The average Bonchev–Trinajstić information content (AvgIpc) is 1.99. The quantitative estimate of drug-likeness (QED) is 0.786. The highest BCUT2D eigenvalue weighted by atomic mass is 35.5. The molecule has 1 fully saturated rings. The van der Waals surface area contributed by atoms with Gasteiger partial charge in [0.15, 0.2) is 0 Å². The summed E-state index contributed by atoms with van der Waals surface area (Å²) in [6, 6.07) is 0. The van der Waals surface area contributed by atoms with Crippen molar-refractivity contribution in [3.63, 3.8) is 0 Å². The predicted octanol–water partition coefficient (Wildman–Crippen LogP) is 2.10. The Balaban J connectivity index is 0.00000225. The molecule has 1 amide bonds. The minimum Gasteiger partial charge on any atom is -0.351 e. The number of carbonyl (C=O) groups is 1. The van der Waals surface area contributed by atoms with Gasteiger partial charge in [-0.05, 0) is 38.3 Å². The average molecular weight is 249 g/mol. The topological polar surface area (TPSA) is 41.1 Å². The van der Waals surface area contributed by atoms with Gasteiger partial charge in [0.25, 0.3) is 0 Å². The largest absolute Gasteiger partial charge is 0.351 e.